The summed E-state index contributed by atoms with van der Waals surface area (Å²) in [6.45, 7) is 4.36. The fourth-order valence-corrected chi connectivity index (χ4v) is 4.16. The molecule has 0 bridgehead atoms. The Balaban J connectivity index is 1.53. The van der Waals surface area contributed by atoms with Crippen LogP contribution in [0.15, 0.2) is 47.2 Å². The first-order valence-electron chi connectivity index (χ1n) is 8.55. The summed E-state index contributed by atoms with van der Waals surface area (Å²) in [5.74, 6) is 0.00505. The number of para-hydroxylation sites is 1. The van der Waals surface area contributed by atoms with Crippen LogP contribution in [0.3, 0.4) is 0 Å². The summed E-state index contributed by atoms with van der Waals surface area (Å²) in [4.78, 5) is 16.6. The van der Waals surface area contributed by atoms with E-state index in [-0.39, 0.29) is 12.5 Å². The molecule has 25 heavy (non-hydrogen) atoms. The molecule has 1 aromatic heterocycles. The second-order valence-corrected chi connectivity index (χ2v) is 7.46. The number of anilines is 1. The fourth-order valence-electron chi connectivity index (χ4n) is 3.50. The standard InChI is InChI=1S/C19H22N2O3S/c22-18-11-24-19(14-21(18)17-4-2-1-3-5-17)13-20(7-8-23-15-19)10-16-6-9-25-12-16/h1-6,9,12H,7-8,10-11,13-15H2/t19-/m1/s1. The van der Waals surface area contributed by atoms with Crippen LogP contribution in [0.2, 0.25) is 0 Å². The molecule has 2 fully saturated rings. The molecule has 0 aliphatic carbocycles. The van der Waals surface area contributed by atoms with Crippen molar-refractivity contribution in [3.8, 4) is 0 Å². The lowest BCUT2D eigenvalue weighted by atomic mass is 10.0. The Kier molecular flexibility index (Phi) is 4.85. The van der Waals surface area contributed by atoms with Crippen molar-refractivity contribution in [1.29, 1.82) is 0 Å². The topological polar surface area (TPSA) is 42.0 Å². The number of ether oxygens (including phenoxy) is 2. The van der Waals surface area contributed by atoms with Crippen LogP contribution in [0.4, 0.5) is 5.69 Å². The summed E-state index contributed by atoms with van der Waals surface area (Å²) >= 11 is 1.72. The molecule has 1 aromatic carbocycles. The molecule has 132 valence electrons. The molecule has 2 aliphatic rings. The maximum absolute atomic E-state index is 12.4. The van der Waals surface area contributed by atoms with Gasteiger partial charge < -0.3 is 14.4 Å². The lowest BCUT2D eigenvalue weighted by Gasteiger charge is -2.43. The number of thiophene rings is 1. The third kappa shape index (κ3) is 3.77. The molecule has 6 heteroatoms. The Bertz CT molecular complexity index is 707. The van der Waals surface area contributed by atoms with Crippen molar-refractivity contribution < 1.29 is 14.3 Å². The van der Waals surface area contributed by atoms with Crippen LogP contribution in [0.1, 0.15) is 5.56 Å². The van der Waals surface area contributed by atoms with Gasteiger partial charge in [-0.1, -0.05) is 18.2 Å². The molecule has 2 aromatic rings. The molecular formula is C19H22N2O3S. The van der Waals surface area contributed by atoms with Gasteiger partial charge in [-0.15, -0.1) is 0 Å². The van der Waals surface area contributed by atoms with Crippen LogP contribution in [0, 0.1) is 0 Å². The molecule has 1 atom stereocenters. The highest BCUT2D eigenvalue weighted by Crippen LogP contribution is 2.27. The van der Waals surface area contributed by atoms with Gasteiger partial charge in [0.1, 0.15) is 12.2 Å². The zero-order valence-electron chi connectivity index (χ0n) is 14.1. The summed E-state index contributed by atoms with van der Waals surface area (Å²) in [6.07, 6.45) is 0. The molecule has 3 heterocycles. The zero-order valence-corrected chi connectivity index (χ0v) is 14.9. The Morgan fingerprint density at radius 1 is 1.16 bits per heavy atom. The van der Waals surface area contributed by atoms with Gasteiger partial charge >= 0.3 is 0 Å². The minimum Gasteiger partial charge on any atom is -0.377 e. The van der Waals surface area contributed by atoms with Crippen molar-refractivity contribution in [1.82, 2.24) is 4.90 Å². The SMILES string of the molecule is O=C1CO[C@@]2(COCCN(Cc3ccsc3)C2)CN1c1ccccc1. The van der Waals surface area contributed by atoms with Gasteiger partial charge in [0.25, 0.3) is 5.91 Å². The minimum absolute atomic E-state index is 0.00505. The van der Waals surface area contributed by atoms with Gasteiger partial charge in [0, 0.05) is 25.3 Å². The van der Waals surface area contributed by atoms with Crippen molar-refractivity contribution >= 4 is 22.9 Å². The second-order valence-electron chi connectivity index (χ2n) is 6.68. The minimum atomic E-state index is -0.476. The van der Waals surface area contributed by atoms with Gasteiger partial charge in [-0.05, 0) is 34.5 Å². The number of hydrogen-bond acceptors (Lipinski definition) is 5. The van der Waals surface area contributed by atoms with Gasteiger partial charge in [0.2, 0.25) is 0 Å². The van der Waals surface area contributed by atoms with Crippen LogP contribution in [0.25, 0.3) is 0 Å². The third-order valence-electron chi connectivity index (χ3n) is 4.73. The molecule has 0 unspecified atom stereocenters. The number of carbonyl (C=O) groups excluding carboxylic acids is 1. The summed E-state index contributed by atoms with van der Waals surface area (Å²) in [6, 6.07) is 12.0. The number of rotatable bonds is 3. The van der Waals surface area contributed by atoms with Crippen molar-refractivity contribution in [3.05, 3.63) is 52.7 Å². The van der Waals surface area contributed by atoms with Crippen LogP contribution >= 0.6 is 11.3 Å². The van der Waals surface area contributed by atoms with E-state index < -0.39 is 5.60 Å². The highest BCUT2D eigenvalue weighted by atomic mass is 32.1. The van der Waals surface area contributed by atoms with E-state index in [4.69, 9.17) is 9.47 Å². The van der Waals surface area contributed by atoms with Crippen molar-refractivity contribution in [2.75, 3.05) is 44.4 Å². The quantitative estimate of drug-likeness (QED) is 0.845. The van der Waals surface area contributed by atoms with Crippen molar-refractivity contribution in [2.24, 2.45) is 0 Å². The van der Waals surface area contributed by atoms with E-state index in [0.29, 0.717) is 19.8 Å². The highest BCUT2D eigenvalue weighted by molar-refractivity contribution is 7.07. The fraction of sp³-hybridized carbons (Fsp3) is 0.421. The Morgan fingerprint density at radius 2 is 2.04 bits per heavy atom. The maximum Gasteiger partial charge on any atom is 0.253 e. The average Bonchev–Trinajstić information content (AvgIpc) is 3.07. The lowest BCUT2D eigenvalue weighted by molar-refractivity contribution is -0.146. The van der Waals surface area contributed by atoms with E-state index in [1.165, 1.54) is 5.56 Å². The molecule has 4 rings (SSSR count). The van der Waals surface area contributed by atoms with Crippen molar-refractivity contribution in [2.45, 2.75) is 12.1 Å². The van der Waals surface area contributed by atoms with Gasteiger partial charge in [0.05, 0.1) is 19.8 Å². The summed E-state index contributed by atoms with van der Waals surface area (Å²) in [5, 5.41) is 4.28. The van der Waals surface area contributed by atoms with Gasteiger partial charge in [-0.3, -0.25) is 9.69 Å². The Labute approximate surface area is 151 Å². The Hall–Kier alpha value is -1.73. The molecule has 0 N–H and O–H groups in total. The zero-order chi connectivity index (χ0) is 17.1. The van der Waals surface area contributed by atoms with Crippen molar-refractivity contribution in [3.63, 3.8) is 0 Å². The average molecular weight is 358 g/mol. The van der Waals surface area contributed by atoms with Gasteiger partial charge in [-0.25, -0.2) is 0 Å². The summed E-state index contributed by atoms with van der Waals surface area (Å²) in [7, 11) is 0. The predicted octanol–water partition coefficient (Wildman–Crippen LogP) is 2.38. The van der Waals surface area contributed by atoms with E-state index in [1.807, 2.05) is 35.2 Å². The molecule has 2 aliphatic heterocycles. The first-order valence-corrected chi connectivity index (χ1v) is 9.49. The van der Waals surface area contributed by atoms with E-state index in [0.717, 1.165) is 25.3 Å². The molecule has 0 saturated carbocycles. The van der Waals surface area contributed by atoms with Crippen LogP contribution in [0.5, 0.6) is 0 Å². The van der Waals surface area contributed by atoms with Crippen LogP contribution in [-0.2, 0) is 20.8 Å². The molecule has 1 amide bonds. The normalized spacial score (nSPS) is 25.3. The first kappa shape index (κ1) is 16.7. The number of nitrogens with zero attached hydrogens (tertiary/aromatic N) is 2. The highest BCUT2D eigenvalue weighted by Gasteiger charge is 2.43. The Morgan fingerprint density at radius 3 is 2.84 bits per heavy atom. The molecular weight excluding hydrogens is 336 g/mol. The van der Waals surface area contributed by atoms with E-state index in [9.17, 15) is 4.79 Å². The maximum atomic E-state index is 12.4. The van der Waals surface area contributed by atoms with Gasteiger partial charge in [0.15, 0.2) is 0 Å². The smallest absolute Gasteiger partial charge is 0.253 e. The first-order chi connectivity index (χ1) is 12.2. The molecule has 1 spiro atoms. The number of hydrogen-bond donors (Lipinski definition) is 0. The monoisotopic (exact) mass is 358 g/mol. The molecule has 5 nitrogen and oxygen atoms in total. The third-order valence-corrected chi connectivity index (χ3v) is 5.46. The number of benzene rings is 1. The number of carbonyl (C=O) groups is 1. The predicted molar refractivity (Wildman–Crippen MR) is 97.9 cm³/mol. The summed E-state index contributed by atoms with van der Waals surface area (Å²) in [5.41, 5.74) is 1.76. The lowest BCUT2D eigenvalue weighted by Crippen LogP contribution is -2.60. The van der Waals surface area contributed by atoms with Crippen LogP contribution < -0.4 is 4.90 Å². The largest absolute Gasteiger partial charge is 0.377 e. The van der Waals surface area contributed by atoms with E-state index >= 15 is 0 Å². The van der Waals surface area contributed by atoms with Gasteiger partial charge in [-0.2, -0.15) is 11.3 Å². The van der Waals surface area contributed by atoms with Crippen LogP contribution in [-0.4, -0.2) is 55.9 Å². The molecule has 0 radical (unpaired) electrons. The number of morpholine rings is 1. The second kappa shape index (κ2) is 7.25. The molecule has 2 saturated heterocycles. The number of amides is 1. The summed E-state index contributed by atoms with van der Waals surface area (Å²) < 4.78 is 11.9. The van der Waals surface area contributed by atoms with E-state index in [1.54, 1.807) is 11.3 Å². The van der Waals surface area contributed by atoms with E-state index in [2.05, 4.69) is 21.7 Å².